The van der Waals surface area contributed by atoms with Crippen molar-refractivity contribution in [3.63, 3.8) is 0 Å². The maximum atomic E-state index is 12.4. The second-order valence-corrected chi connectivity index (χ2v) is 8.02. The zero-order chi connectivity index (χ0) is 18.8. The van der Waals surface area contributed by atoms with Crippen molar-refractivity contribution in [3.8, 4) is 0 Å². The summed E-state index contributed by atoms with van der Waals surface area (Å²) < 4.78 is 1.87. The first-order valence-electron chi connectivity index (χ1n) is 8.16. The van der Waals surface area contributed by atoms with Gasteiger partial charge in [-0.25, -0.2) is 4.98 Å². The third-order valence-corrected chi connectivity index (χ3v) is 5.87. The molecule has 0 aliphatic carbocycles. The SMILES string of the molecule is CC(=O)N(c1nc(CSc2nncn2C)cs1)c1c(C)cc(C)cc1C. The van der Waals surface area contributed by atoms with Crippen LogP contribution in [-0.2, 0) is 17.6 Å². The molecule has 0 saturated carbocycles. The molecule has 3 aromatic rings. The Kier molecular flexibility index (Phi) is 5.43. The fourth-order valence-corrected chi connectivity index (χ4v) is 4.68. The Morgan fingerprint density at radius 2 is 1.96 bits per heavy atom. The van der Waals surface area contributed by atoms with E-state index in [1.165, 1.54) is 16.9 Å². The number of thioether (sulfide) groups is 1. The van der Waals surface area contributed by atoms with E-state index in [0.29, 0.717) is 10.9 Å². The molecule has 0 bridgehead atoms. The molecule has 2 aromatic heterocycles. The van der Waals surface area contributed by atoms with Gasteiger partial charge in [0.25, 0.3) is 0 Å². The van der Waals surface area contributed by atoms with E-state index < -0.39 is 0 Å². The van der Waals surface area contributed by atoms with E-state index in [0.717, 1.165) is 27.7 Å². The van der Waals surface area contributed by atoms with Crippen LogP contribution in [0.3, 0.4) is 0 Å². The first-order valence-corrected chi connectivity index (χ1v) is 10.0. The molecule has 8 heteroatoms. The number of aromatic nitrogens is 4. The van der Waals surface area contributed by atoms with Crippen molar-refractivity contribution in [1.29, 1.82) is 0 Å². The number of rotatable bonds is 5. The van der Waals surface area contributed by atoms with E-state index in [4.69, 9.17) is 0 Å². The predicted octanol–water partition coefficient (Wildman–Crippen LogP) is 4.17. The lowest BCUT2D eigenvalue weighted by Crippen LogP contribution is -2.24. The molecule has 0 radical (unpaired) electrons. The van der Waals surface area contributed by atoms with Gasteiger partial charge in [0.1, 0.15) is 6.33 Å². The summed E-state index contributed by atoms with van der Waals surface area (Å²) in [6, 6.07) is 4.19. The fourth-order valence-electron chi connectivity index (χ4n) is 2.92. The maximum Gasteiger partial charge on any atom is 0.230 e. The first kappa shape index (κ1) is 18.6. The molecule has 0 unspecified atom stereocenters. The van der Waals surface area contributed by atoms with Gasteiger partial charge in [-0.2, -0.15) is 0 Å². The van der Waals surface area contributed by atoms with Crippen molar-refractivity contribution < 1.29 is 4.79 Å². The molecular weight excluding hydrogens is 366 g/mol. The van der Waals surface area contributed by atoms with Gasteiger partial charge in [0.15, 0.2) is 10.3 Å². The quantitative estimate of drug-likeness (QED) is 0.615. The van der Waals surface area contributed by atoms with Crippen LogP contribution in [0.2, 0.25) is 0 Å². The van der Waals surface area contributed by atoms with Crippen molar-refractivity contribution in [2.24, 2.45) is 7.05 Å². The van der Waals surface area contributed by atoms with Crippen LogP contribution in [0.5, 0.6) is 0 Å². The zero-order valence-electron chi connectivity index (χ0n) is 15.5. The summed E-state index contributed by atoms with van der Waals surface area (Å²) >= 11 is 3.06. The van der Waals surface area contributed by atoms with Gasteiger partial charge in [-0.1, -0.05) is 29.5 Å². The van der Waals surface area contributed by atoms with Gasteiger partial charge < -0.3 is 4.57 Å². The third-order valence-electron chi connectivity index (χ3n) is 3.92. The molecular formula is C18H21N5OS2. The maximum absolute atomic E-state index is 12.4. The molecule has 0 aliphatic heterocycles. The number of hydrogen-bond donors (Lipinski definition) is 0. The van der Waals surface area contributed by atoms with Gasteiger partial charge in [-0.3, -0.25) is 9.69 Å². The predicted molar refractivity (Wildman–Crippen MR) is 106 cm³/mol. The van der Waals surface area contributed by atoms with Crippen LogP contribution >= 0.6 is 23.1 Å². The highest BCUT2D eigenvalue weighted by Gasteiger charge is 2.22. The Bertz CT molecular complexity index is 924. The lowest BCUT2D eigenvalue weighted by atomic mass is 10.0. The van der Waals surface area contributed by atoms with Crippen molar-refractivity contribution in [2.45, 2.75) is 38.6 Å². The fraction of sp³-hybridized carbons (Fsp3) is 0.333. The molecule has 6 nitrogen and oxygen atoms in total. The molecule has 136 valence electrons. The minimum absolute atomic E-state index is 0.0399. The number of anilines is 2. The van der Waals surface area contributed by atoms with Gasteiger partial charge >= 0.3 is 0 Å². The number of hydrogen-bond acceptors (Lipinski definition) is 6. The lowest BCUT2D eigenvalue weighted by Gasteiger charge is -2.23. The monoisotopic (exact) mass is 387 g/mol. The zero-order valence-corrected chi connectivity index (χ0v) is 17.1. The number of aryl methyl sites for hydroxylation is 4. The molecule has 0 fully saturated rings. The summed E-state index contributed by atoms with van der Waals surface area (Å²) in [6.07, 6.45) is 1.68. The second kappa shape index (κ2) is 7.59. The standard InChI is InChI=1S/C18H21N5OS2/c1-11-6-12(2)16(13(3)7-11)23(14(4)24)17-20-15(8-25-17)9-26-18-21-19-10-22(18)5/h6-8,10H,9H2,1-5H3. The van der Waals surface area contributed by atoms with Crippen molar-refractivity contribution in [3.05, 3.63) is 46.2 Å². The Hall–Kier alpha value is -2.19. The van der Waals surface area contributed by atoms with E-state index in [-0.39, 0.29) is 5.91 Å². The third kappa shape index (κ3) is 3.81. The van der Waals surface area contributed by atoms with E-state index in [1.807, 2.05) is 30.8 Å². The highest BCUT2D eigenvalue weighted by atomic mass is 32.2. The number of benzene rings is 1. The van der Waals surface area contributed by atoms with Crippen LogP contribution < -0.4 is 4.90 Å². The van der Waals surface area contributed by atoms with Gasteiger partial charge in [-0.15, -0.1) is 21.5 Å². The normalized spacial score (nSPS) is 11.0. The Morgan fingerprint density at radius 3 is 2.54 bits per heavy atom. The largest absolute Gasteiger partial charge is 0.312 e. The Balaban J connectivity index is 1.87. The van der Waals surface area contributed by atoms with Crippen LogP contribution in [-0.4, -0.2) is 25.7 Å². The molecule has 0 N–H and O–H groups in total. The van der Waals surface area contributed by atoms with E-state index in [2.05, 4.69) is 34.2 Å². The summed E-state index contributed by atoms with van der Waals surface area (Å²) in [5.41, 5.74) is 5.18. The minimum atomic E-state index is -0.0399. The van der Waals surface area contributed by atoms with Crippen LogP contribution in [0.15, 0.2) is 29.0 Å². The average Bonchev–Trinajstić information content (AvgIpc) is 3.17. The molecule has 2 heterocycles. The van der Waals surface area contributed by atoms with Gasteiger partial charge in [0.2, 0.25) is 5.91 Å². The summed E-state index contributed by atoms with van der Waals surface area (Å²) in [5.74, 6) is 0.641. The van der Waals surface area contributed by atoms with Crippen LogP contribution in [0.25, 0.3) is 0 Å². The molecule has 0 saturated heterocycles. The Morgan fingerprint density at radius 1 is 1.27 bits per heavy atom. The van der Waals surface area contributed by atoms with Crippen LogP contribution in [0.1, 0.15) is 29.3 Å². The topological polar surface area (TPSA) is 63.9 Å². The summed E-state index contributed by atoms with van der Waals surface area (Å²) in [4.78, 5) is 18.8. The summed E-state index contributed by atoms with van der Waals surface area (Å²) in [5, 5.41) is 11.5. The van der Waals surface area contributed by atoms with Gasteiger partial charge in [0.05, 0.1) is 11.4 Å². The summed E-state index contributed by atoms with van der Waals surface area (Å²) in [6.45, 7) is 7.70. The minimum Gasteiger partial charge on any atom is -0.312 e. The smallest absolute Gasteiger partial charge is 0.230 e. The molecule has 1 amide bonds. The summed E-state index contributed by atoms with van der Waals surface area (Å²) in [7, 11) is 1.91. The molecule has 0 spiro atoms. The number of thiazole rings is 1. The number of nitrogens with zero attached hydrogens (tertiary/aromatic N) is 5. The van der Waals surface area contributed by atoms with E-state index in [1.54, 1.807) is 29.9 Å². The molecule has 0 atom stereocenters. The molecule has 26 heavy (non-hydrogen) atoms. The molecule has 3 rings (SSSR count). The average molecular weight is 388 g/mol. The van der Waals surface area contributed by atoms with Gasteiger partial charge in [0, 0.05) is 25.1 Å². The highest BCUT2D eigenvalue weighted by molar-refractivity contribution is 7.98. The Labute approximate surface area is 161 Å². The number of carbonyl (C=O) groups is 1. The van der Waals surface area contributed by atoms with Crippen LogP contribution in [0, 0.1) is 20.8 Å². The molecule has 1 aromatic carbocycles. The second-order valence-electron chi connectivity index (χ2n) is 6.24. The van der Waals surface area contributed by atoms with Crippen LogP contribution in [0.4, 0.5) is 10.8 Å². The molecule has 0 aliphatic rings. The van der Waals surface area contributed by atoms with E-state index in [9.17, 15) is 4.79 Å². The van der Waals surface area contributed by atoms with E-state index >= 15 is 0 Å². The van der Waals surface area contributed by atoms with Crippen molar-refractivity contribution in [1.82, 2.24) is 19.7 Å². The number of carbonyl (C=O) groups excluding carboxylic acids is 1. The lowest BCUT2D eigenvalue weighted by molar-refractivity contribution is -0.115. The van der Waals surface area contributed by atoms with Crippen molar-refractivity contribution >= 4 is 39.8 Å². The first-order chi connectivity index (χ1) is 12.4. The number of amides is 1. The van der Waals surface area contributed by atoms with Gasteiger partial charge in [-0.05, 0) is 31.9 Å². The highest BCUT2D eigenvalue weighted by Crippen LogP contribution is 2.35. The van der Waals surface area contributed by atoms with Crippen molar-refractivity contribution in [2.75, 3.05) is 4.90 Å².